The molecule has 2 aromatic carbocycles. The lowest BCUT2D eigenvalue weighted by Crippen LogP contribution is -1.98. The van der Waals surface area contributed by atoms with Crippen molar-refractivity contribution in [2.75, 3.05) is 0 Å². The predicted octanol–water partition coefficient (Wildman–Crippen LogP) is 5.14. The van der Waals surface area contributed by atoms with E-state index in [1.54, 1.807) is 0 Å². The first-order valence-corrected chi connectivity index (χ1v) is 7.81. The maximum atomic E-state index is 6.03. The first-order chi connectivity index (χ1) is 10.3. The van der Waals surface area contributed by atoms with Crippen LogP contribution < -0.4 is 4.74 Å². The number of hydrogen-bond donors (Lipinski definition) is 0. The molecular formula is C18H16BrNO. The minimum atomic E-state index is 0.560. The van der Waals surface area contributed by atoms with Crippen LogP contribution in [-0.2, 0) is 13.0 Å². The van der Waals surface area contributed by atoms with Crippen LogP contribution in [-0.4, -0.2) is 4.98 Å². The topological polar surface area (TPSA) is 22.1 Å². The van der Waals surface area contributed by atoms with Gasteiger partial charge in [-0.15, -0.1) is 0 Å². The number of aryl methyl sites for hydroxylation is 1. The Morgan fingerprint density at radius 2 is 1.81 bits per heavy atom. The van der Waals surface area contributed by atoms with Gasteiger partial charge in [0.05, 0.1) is 5.52 Å². The van der Waals surface area contributed by atoms with Crippen molar-refractivity contribution in [1.82, 2.24) is 4.98 Å². The van der Waals surface area contributed by atoms with E-state index < -0.39 is 0 Å². The van der Waals surface area contributed by atoms with Crippen LogP contribution in [0.1, 0.15) is 18.2 Å². The molecule has 0 amide bonds. The quantitative estimate of drug-likeness (QED) is 0.655. The molecule has 3 heteroatoms. The average Bonchev–Trinajstić information content (AvgIpc) is 2.53. The second-order valence-corrected chi connectivity index (χ2v) is 5.81. The number of pyridine rings is 1. The van der Waals surface area contributed by atoms with Crippen LogP contribution in [0.3, 0.4) is 0 Å². The number of para-hydroxylation sites is 1. The summed E-state index contributed by atoms with van der Waals surface area (Å²) < 4.78 is 7.11. The average molecular weight is 342 g/mol. The molecule has 2 nitrogen and oxygen atoms in total. The maximum absolute atomic E-state index is 6.03. The van der Waals surface area contributed by atoms with E-state index in [0.717, 1.165) is 38.8 Å². The van der Waals surface area contributed by atoms with Crippen molar-refractivity contribution in [2.45, 2.75) is 20.0 Å². The molecule has 0 bridgehead atoms. The van der Waals surface area contributed by atoms with Crippen molar-refractivity contribution < 1.29 is 4.74 Å². The molecule has 106 valence electrons. The summed E-state index contributed by atoms with van der Waals surface area (Å²) in [6, 6.07) is 18.3. The van der Waals surface area contributed by atoms with E-state index in [0.29, 0.717) is 6.61 Å². The van der Waals surface area contributed by atoms with Gasteiger partial charge in [-0.05, 0) is 36.2 Å². The lowest BCUT2D eigenvalue weighted by Gasteiger charge is -2.11. The number of ether oxygens (including phenoxy) is 1. The van der Waals surface area contributed by atoms with Gasteiger partial charge in [0.15, 0.2) is 0 Å². The highest BCUT2D eigenvalue weighted by Crippen LogP contribution is 2.26. The Bertz CT molecular complexity index is 753. The second kappa shape index (κ2) is 6.27. The number of rotatable bonds is 4. The van der Waals surface area contributed by atoms with Crippen LogP contribution in [0.25, 0.3) is 10.9 Å². The molecule has 3 rings (SSSR count). The van der Waals surface area contributed by atoms with E-state index >= 15 is 0 Å². The van der Waals surface area contributed by atoms with Gasteiger partial charge in [0, 0.05) is 21.6 Å². The molecule has 1 aromatic heterocycles. The van der Waals surface area contributed by atoms with Gasteiger partial charge in [0.1, 0.15) is 12.4 Å². The lowest BCUT2D eigenvalue weighted by atomic mass is 10.1. The highest BCUT2D eigenvalue weighted by molar-refractivity contribution is 9.10. The normalized spacial score (nSPS) is 10.8. The number of hydrogen-bond acceptors (Lipinski definition) is 2. The van der Waals surface area contributed by atoms with Crippen LogP contribution in [0.2, 0.25) is 0 Å². The summed E-state index contributed by atoms with van der Waals surface area (Å²) in [7, 11) is 0. The first-order valence-electron chi connectivity index (χ1n) is 7.02. The highest BCUT2D eigenvalue weighted by Gasteiger charge is 2.06. The Morgan fingerprint density at radius 1 is 1.05 bits per heavy atom. The highest BCUT2D eigenvalue weighted by atomic mass is 79.9. The number of aromatic nitrogens is 1. The van der Waals surface area contributed by atoms with Crippen molar-refractivity contribution in [3.63, 3.8) is 0 Å². The van der Waals surface area contributed by atoms with E-state index in [2.05, 4.69) is 46.0 Å². The summed E-state index contributed by atoms with van der Waals surface area (Å²) in [5.74, 6) is 0.903. The van der Waals surface area contributed by atoms with Crippen LogP contribution in [0, 0.1) is 0 Å². The Hall–Kier alpha value is -1.87. The zero-order valence-electron chi connectivity index (χ0n) is 11.8. The van der Waals surface area contributed by atoms with Crippen LogP contribution in [0.4, 0.5) is 0 Å². The van der Waals surface area contributed by atoms with E-state index in [4.69, 9.17) is 4.74 Å². The third-order valence-electron chi connectivity index (χ3n) is 3.40. The summed E-state index contributed by atoms with van der Waals surface area (Å²) in [4.78, 5) is 4.63. The Labute approximate surface area is 132 Å². The van der Waals surface area contributed by atoms with Crippen LogP contribution in [0.15, 0.2) is 59.1 Å². The fourth-order valence-electron chi connectivity index (χ4n) is 2.24. The van der Waals surface area contributed by atoms with E-state index in [1.807, 2.05) is 36.4 Å². The molecule has 0 radical (unpaired) electrons. The van der Waals surface area contributed by atoms with E-state index in [9.17, 15) is 0 Å². The number of nitrogens with zero attached hydrogens (tertiary/aromatic N) is 1. The zero-order valence-corrected chi connectivity index (χ0v) is 13.4. The molecule has 1 heterocycles. The Balaban J connectivity index is 1.90. The predicted molar refractivity (Wildman–Crippen MR) is 89.6 cm³/mol. The summed E-state index contributed by atoms with van der Waals surface area (Å²) in [6.45, 7) is 2.67. The van der Waals surface area contributed by atoms with E-state index in [-0.39, 0.29) is 0 Å². The third kappa shape index (κ3) is 3.24. The molecule has 0 saturated carbocycles. The molecule has 0 fully saturated rings. The van der Waals surface area contributed by atoms with Gasteiger partial charge in [-0.1, -0.05) is 47.1 Å². The smallest absolute Gasteiger partial charge is 0.131 e. The summed E-state index contributed by atoms with van der Waals surface area (Å²) in [5, 5.41) is 1.06. The van der Waals surface area contributed by atoms with Crippen molar-refractivity contribution in [1.29, 1.82) is 0 Å². The standard InChI is InChI=1S/C18H16BrNO/c1-2-15-11-18(16-5-3-4-6-17(16)20-15)21-12-13-7-9-14(19)10-8-13/h3-11H,2,12H2,1H3. The Morgan fingerprint density at radius 3 is 2.57 bits per heavy atom. The monoisotopic (exact) mass is 341 g/mol. The van der Waals surface area contributed by atoms with Gasteiger partial charge in [0.2, 0.25) is 0 Å². The molecule has 0 aliphatic rings. The van der Waals surface area contributed by atoms with Gasteiger partial charge >= 0.3 is 0 Å². The zero-order chi connectivity index (χ0) is 14.7. The van der Waals surface area contributed by atoms with Gasteiger partial charge in [0.25, 0.3) is 0 Å². The minimum Gasteiger partial charge on any atom is -0.488 e. The second-order valence-electron chi connectivity index (χ2n) is 4.90. The third-order valence-corrected chi connectivity index (χ3v) is 3.93. The number of benzene rings is 2. The van der Waals surface area contributed by atoms with Gasteiger partial charge in [-0.3, -0.25) is 4.98 Å². The largest absolute Gasteiger partial charge is 0.488 e. The maximum Gasteiger partial charge on any atom is 0.131 e. The molecule has 0 aliphatic heterocycles. The van der Waals surface area contributed by atoms with Crippen LogP contribution in [0.5, 0.6) is 5.75 Å². The number of halogens is 1. The van der Waals surface area contributed by atoms with E-state index in [1.165, 1.54) is 0 Å². The molecule has 0 unspecified atom stereocenters. The molecule has 21 heavy (non-hydrogen) atoms. The van der Waals surface area contributed by atoms with Gasteiger partial charge < -0.3 is 4.74 Å². The van der Waals surface area contributed by atoms with Crippen LogP contribution >= 0.6 is 15.9 Å². The number of fused-ring (bicyclic) bond motifs is 1. The SMILES string of the molecule is CCc1cc(OCc2ccc(Br)cc2)c2ccccc2n1. The molecular weight excluding hydrogens is 326 g/mol. The fraction of sp³-hybridized carbons (Fsp3) is 0.167. The molecule has 0 saturated heterocycles. The summed E-state index contributed by atoms with van der Waals surface area (Å²) in [5.41, 5.74) is 3.19. The minimum absolute atomic E-state index is 0.560. The fourth-order valence-corrected chi connectivity index (χ4v) is 2.50. The molecule has 3 aromatic rings. The van der Waals surface area contributed by atoms with Gasteiger partial charge in [-0.2, -0.15) is 0 Å². The first kappa shape index (κ1) is 14.1. The molecule has 0 spiro atoms. The summed E-state index contributed by atoms with van der Waals surface area (Å²) in [6.07, 6.45) is 0.902. The van der Waals surface area contributed by atoms with Gasteiger partial charge in [-0.25, -0.2) is 0 Å². The molecule has 0 aliphatic carbocycles. The molecule has 0 N–H and O–H groups in total. The van der Waals surface area contributed by atoms with Crippen molar-refractivity contribution >= 4 is 26.8 Å². The Kier molecular flexibility index (Phi) is 4.20. The van der Waals surface area contributed by atoms with Crippen molar-refractivity contribution in [3.8, 4) is 5.75 Å². The lowest BCUT2D eigenvalue weighted by molar-refractivity contribution is 0.309. The molecule has 0 atom stereocenters. The van der Waals surface area contributed by atoms with Crippen molar-refractivity contribution in [3.05, 3.63) is 70.3 Å². The summed E-state index contributed by atoms with van der Waals surface area (Å²) >= 11 is 3.44. The van der Waals surface area contributed by atoms with Crippen molar-refractivity contribution in [2.24, 2.45) is 0 Å².